The van der Waals surface area contributed by atoms with E-state index in [4.69, 9.17) is 60.3 Å². The minimum atomic E-state index is -2.92. The third kappa shape index (κ3) is 1700. The first kappa shape index (κ1) is 36.7. The predicted octanol–water partition coefficient (Wildman–Crippen LogP) is -13.1. The van der Waals surface area contributed by atoms with E-state index in [9.17, 15) is 0 Å². The molecule has 96 valence electrons. The molecule has 0 amide bonds. The van der Waals surface area contributed by atoms with Crippen LogP contribution in [0.15, 0.2) is 0 Å². The maximum atomic E-state index is 8.42. The summed E-state index contributed by atoms with van der Waals surface area (Å²) in [6.07, 6.45) is 0. The minimum Gasteiger partial charge on any atom is -0.907 e. The number of hydrogen-bond acceptors (Lipinski definition) is 12. The Bertz CT molecular complexity index is 67.1. The van der Waals surface area contributed by atoms with E-state index in [1.807, 2.05) is 0 Å². The van der Waals surface area contributed by atoms with Crippen LogP contribution in [0.1, 0.15) is 0 Å². The van der Waals surface area contributed by atoms with Gasteiger partial charge in [-0.1, -0.05) is 0 Å². The maximum absolute atomic E-state index is 8.42. The molecule has 0 aromatic carbocycles. The molecule has 9 N–H and O–H groups in total. The zero-order chi connectivity index (χ0) is 14.3. The van der Waals surface area contributed by atoms with E-state index in [-0.39, 0.29) is 56.9 Å². The van der Waals surface area contributed by atoms with Crippen LogP contribution in [-0.4, -0.2) is 74.5 Å². The van der Waals surface area contributed by atoms with Crippen molar-refractivity contribution >= 4 is 29.3 Å². The molecule has 0 atom stereocenters. The third-order valence-electron chi connectivity index (χ3n) is 0. The van der Waals surface area contributed by atoms with Crippen LogP contribution in [0.25, 0.3) is 0 Å². The summed E-state index contributed by atoms with van der Waals surface area (Å²) in [5, 5.41) is 89.8. The second-order valence-electron chi connectivity index (χ2n) is 1.33. The van der Waals surface area contributed by atoms with Crippen molar-refractivity contribution in [2.45, 2.75) is 0 Å². The molecule has 0 aliphatic rings. The zero-order valence-electron chi connectivity index (χ0n) is 9.27. The Hall–Kier alpha value is 1.70. The van der Waals surface area contributed by atoms with E-state index in [2.05, 4.69) is 0 Å². The largest absolute Gasteiger partial charge is 2.00 e. The van der Waals surface area contributed by atoms with Gasteiger partial charge in [0.2, 0.25) is 0 Å². The standard InChI is InChI=1S/3BH3O3.BO3.Cd.Na/c4*2-1(3)4;;/h3*2-4H;;;/q;;;-3;+2;+1. The van der Waals surface area contributed by atoms with Crippen LogP contribution < -0.4 is 44.6 Å². The summed E-state index contributed by atoms with van der Waals surface area (Å²) >= 11 is 0. The van der Waals surface area contributed by atoms with Crippen LogP contribution in [0.4, 0.5) is 0 Å². The van der Waals surface area contributed by atoms with Crippen LogP contribution in [0.3, 0.4) is 0 Å². The van der Waals surface area contributed by atoms with Gasteiger partial charge in [-0.3, -0.25) is 7.32 Å². The first-order chi connectivity index (χ1) is 6.93. The number of hydrogen-bond donors (Lipinski definition) is 9. The topological polar surface area (TPSA) is 251 Å². The quantitative estimate of drug-likeness (QED) is 0.178. The monoisotopic (exact) mass is 382 g/mol. The van der Waals surface area contributed by atoms with Crippen molar-refractivity contribution in [2.75, 3.05) is 0 Å². The molecule has 0 aliphatic carbocycles. The molecule has 0 bridgehead atoms. The Morgan fingerprint density at radius 2 is 0.500 bits per heavy atom. The molecule has 0 unspecified atom stereocenters. The van der Waals surface area contributed by atoms with Gasteiger partial charge in [-0.25, -0.2) is 0 Å². The smallest absolute Gasteiger partial charge is 0.907 e. The van der Waals surface area contributed by atoms with E-state index in [0.717, 1.165) is 0 Å². The van der Waals surface area contributed by atoms with Gasteiger partial charge in [-0.15, -0.1) is 0 Å². The van der Waals surface area contributed by atoms with Gasteiger partial charge in [-0.2, -0.15) is 0 Å². The van der Waals surface area contributed by atoms with E-state index in [1.165, 1.54) is 0 Å². The van der Waals surface area contributed by atoms with Crippen molar-refractivity contribution in [1.82, 2.24) is 0 Å². The van der Waals surface area contributed by atoms with Crippen molar-refractivity contribution in [1.29, 1.82) is 0 Å². The van der Waals surface area contributed by atoms with Crippen LogP contribution in [0, 0.1) is 0 Å². The molecule has 0 radical (unpaired) electrons. The van der Waals surface area contributed by atoms with Gasteiger partial charge in [0.05, 0.1) is 0 Å². The molecule has 0 aromatic rings. The molecule has 0 rings (SSSR count). The molecule has 0 aromatic heterocycles. The first-order valence-electron chi connectivity index (χ1n) is 3.03. The molecule has 18 heteroatoms. The SMILES string of the molecule is OB(O)O.OB(O)O.OB(O)O.[Cd+2].[Na+].[O-]B([O-])[O-]. The summed E-state index contributed by atoms with van der Waals surface area (Å²) in [6, 6.07) is 0. The Morgan fingerprint density at radius 3 is 0.500 bits per heavy atom. The van der Waals surface area contributed by atoms with Gasteiger partial charge >= 0.3 is 78.8 Å². The second-order valence-corrected chi connectivity index (χ2v) is 1.33. The van der Waals surface area contributed by atoms with Gasteiger partial charge in [0, 0.05) is 0 Å². The summed E-state index contributed by atoms with van der Waals surface area (Å²) in [4.78, 5) is 0. The van der Waals surface area contributed by atoms with Crippen LogP contribution in [0.5, 0.6) is 0 Å². The van der Waals surface area contributed by atoms with E-state index < -0.39 is 29.3 Å². The summed E-state index contributed by atoms with van der Waals surface area (Å²) in [6.45, 7) is 0. The predicted molar refractivity (Wildman–Crippen MR) is 43.0 cm³/mol. The molecular formula is H9B4CdNaO12. The Labute approximate surface area is 145 Å². The van der Waals surface area contributed by atoms with Crippen LogP contribution >= 0.6 is 0 Å². The Morgan fingerprint density at radius 1 is 0.500 bits per heavy atom. The second kappa shape index (κ2) is 31.2. The minimum absolute atomic E-state index is 0. The van der Waals surface area contributed by atoms with E-state index in [0.29, 0.717) is 0 Å². The van der Waals surface area contributed by atoms with Gasteiger partial charge < -0.3 is 60.3 Å². The van der Waals surface area contributed by atoms with Gasteiger partial charge in [0.25, 0.3) is 0 Å². The molecule has 0 fully saturated rings. The third-order valence-corrected chi connectivity index (χ3v) is 0. The molecule has 0 saturated heterocycles. The molecule has 0 spiro atoms. The van der Waals surface area contributed by atoms with Crippen molar-refractivity contribution in [2.24, 2.45) is 0 Å². The summed E-state index contributed by atoms with van der Waals surface area (Å²) in [5.41, 5.74) is 0. The zero-order valence-corrected chi connectivity index (χ0v) is 15.3. The fourth-order valence-corrected chi connectivity index (χ4v) is 0. The summed E-state index contributed by atoms with van der Waals surface area (Å²) < 4.78 is 0. The van der Waals surface area contributed by atoms with E-state index >= 15 is 0 Å². The average molecular weight is 380 g/mol. The van der Waals surface area contributed by atoms with Gasteiger partial charge in [0.1, 0.15) is 0 Å². The van der Waals surface area contributed by atoms with Gasteiger partial charge in [-0.05, 0) is 0 Å². The first-order valence-corrected chi connectivity index (χ1v) is 3.03. The normalized spacial score (nSPS) is 6.00. The molecule has 18 heavy (non-hydrogen) atoms. The molecule has 0 heterocycles. The maximum Gasteiger partial charge on any atom is 2.00 e. The fraction of sp³-hybridized carbons (Fsp3) is 0. The summed E-state index contributed by atoms with van der Waals surface area (Å²) in [7, 11) is -9.42. The van der Waals surface area contributed by atoms with Crippen LogP contribution in [0.2, 0.25) is 0 Å². The van der Waals surface area contributed by atoms with Gasteiger partial charge in [0.15, 0.2) is 0 Å². The van der Waals surface area contributed by atoms with Crippen molar-refractivity contribution in [3.8, 4) is 0 Å². The fourth-order valence-electron chi connectivity index (χ4n) is 0. The van der Waals surface area contributed by atoms with Crippen molar-refractivity contribution < 1.29 is 117 Å². The average Bonchev–Trinajstić information content (AvgIpc) is 1.76. The molecular weight excluding hydrogens is 371 g/mol. The molecule has 0 aliphatic heterocycles. The van der Waals surface area contributed by atoms with Crippen LogP contribution in [-0.2, 0) is 27.3 Å². The van der Waals surface area contributed by atoms with Crippen molar-refractivity contribution in [3.63, 3.8) is 0 Å². The molecule has 0 saturated carbocycles. The Balaban J connectivity index is -0.0000000257. The van der Waals surface area contributed by atoms with Crippen molar-refractivity contribution in [3.05, 3.63) is 0 Å². The van der Waals surface area contributed by atoms with E-state index in [1.54, 1.807) is 0 Å². The molecule has 12 nitrogen and oxygen atoms in total. The summed E-state index contributed by atoms with van der Waals surface area (Å²) in [5.74, 6) is 0. The Kier molecular flexibility index (Phi) is 63.7. The number of rotatable bonds is 0.